The lowest BCUT2D eigenvalue weighted by atomic mass is 9.87. The highest BCUT2D eigenvalue weighted by atomic mass is 32.1. The number of rotatable bonds is 12. The van der Waals surface area contributed by atoms with Crippen LogP contribution in [0.25, 0.3) is 10.1 Å². The number of nitroso groups, excluding NO2 is 1. The number of hydrogen-bond acceptors (Lipinski definition) is 5. The van der Waals surface area contributed by atoms with Gasteiger partial charge in [-0.1, -0.05) is 68.6 Å². The quantitative estimate of drug-likeness (QED) is 0.217. The molecule has 1 aromatic heterocycles. The van der Waals surface area contributed by atoms with Gasteiger partial charge < -0.3 is 5.11 Å². The second-order valence-corrected chi connectivity index (χ2v) is 10.7. The third-order valence-electron chi connectivity index (χ3n) is 6.53. The number of carbonyl (C=O) groups excluding carboxylic acids is 1. The van der Waals surface area contributed by atoms with Crippen molar-refractivity contribution < 1.29 is 14.7 Å². The van der Waals surface area contributed by atoms with Crippen molar-refractivity contribution in [3.05, 3.63) is 52.3 Å². The van der Waals surface area contributed by atoms with Gasteiger partial charge in [-0.05, 0) is 42.7 Å². The number of carbonyl (C=O) groups is 2. The van der Waals surface area contributed by atoms with E-state index in [1.54, 1.807) is 11.3 Å². The molecule has 3 atom stereocenters. The van der Waals surface area contributed by atoms with Crippen LogP contribution in [0.15, 0.2) is 47.7 Å². The summed E-state index contributed by atoms with van der Waals surface area (Å²) in [6, 6.07) is 9.89. The van der Waals surface area contributed by atoms with E-state index in [0.29, 0.717) is 18.6 Å². The number of Topliss-reactive ketones (excluding diaryl/α,β-unsaturated/α-hetero) is 1. The van der Waals surface area contributed by atoms with Crippen LogP contribution in [0.5, 0.6) is 0 Å². The molecule has 1 aromatic carbocycles. The lowest BCUT2D eigenvalue weighted by molar-refractivity contribution is -0.137. The molecule has 2 aromatic rings. The highest BCUT2D eigenvalue weighted by Gasteiger charge is 2.45. The number of thiophene rings is 1. The van der Waals surface area contributed by atoms with Gasteiger partial charge in [-0.15, -0.1) is 11.3 Å². The van der Waals surface area contributed by atoms with Gasteiger partial charge in [0.15, 0.2) is 0 Å². The molecule has 1 aliphatic rings. The van der Waals surface area contributed by atoms with Crippen LogP contribution in [0.1, 0.15) is 63.7 Å². The second-order valence-electron chi connectivity index (χ2n) is 9.58. The minimum Gasteiger partial charge on any atom is -0.481 e. The number of aliphatic carboxylic acids is 1. The first-order valence-corrected chi connectivity index (χ1v) is 12.4. The number of nitrogens with zero attached hydrogens (tertiary/aromatic N) is 1. The summed E-state index contributed by atoms with van der Waals surface area (Å²) < 4.78 is 1.21. The molecule has 3 rings (SSSR count). The van der Waals surface area contributed by atoms with E-state index >= 15 is 0 Å². The summed E-state index contributed by atoms with van der Waals surface area (Å²) in [6.07, 6.45) is 9.79. The first-order chi connectivity index (χ1) is 15.3. The van der Waals surface area contributed by atoms with Gasteiger partial charge >= 0.3 is 5.97 Å². The zero-order valence-corrected chi connectivity index (χ0v) is 19.8. The standard InChI is InChI=1S/C26H33NO4S/c1-26(2)17-19(22(25(26)30)10-5-3-4-6-12-24(28)29)13-14-20(27-31)16-21-15-18-9-7-8-11-23(18)32-21/h7-9,11,13-15,19-20,22H,3-6,10,12,16-17H2,1-2H3,(H,28,29)/b14-13+/t19-,20?,22?/m0/s1. The predicted molar refractivity (Wildman–Crippen MR) is 130 cm³/mol. The van der Waals surface area contributed by atoms with Crippen LogP contribution in [-0.2, 0) is 16.0 Å². The van der Waals surface area contributed by atoms with Gasteiger partial charge in [-0.3, -0.25) is 9.59 Å². The Hall–Kier alpha value is -2.34. The first-order valence-electron chi connectivity index (χ1n) is 11.5. The molecule has 0 saturated heterocycles. The van der Waals surface area contributed by atoms with Crippen molar-refractivity contribution in [2.45, 2.75) is 71.3 Å². The Morgan fingerprint density at radius 2 is 2.00 bits per heavy atom. The maximum Gasteiger partial charge on any atom is 0.303 e. The van der Waals surface area contributed by atoms with Crippen LogP contribution >= 0.6 is 11.3 Å². The minimum atomic E-state index is -0.753. The number of benzene rings is 1. The molecule has 0 spiro atoms. The molecule has 6 heteroatoms. The van der Waals surface area contributed by atoms with E-state index in [0.717, 1.165) is 37.0 Å². The Balaban J connectivity index is 1.59. The molecule has 1 saturated carbocycles. The van der Waals surface area contributed by atoms with E-state index in [9.17, 15) is 14.5 Å². The van der Waals surface area contributed by atoms with Crippen molar-refractivity contribution in [3.8, 4) is 0 Å². The number of allylic oxidation sites excluding steroid dienone is 1. The molecule has 0 amide bonds. The van der Waals surface area contributed by atoms with Gasteiger partial charge in [0.2, 0.25) is 0 Å². The van der Waals surface area contributed by atoms with E-state index in [1.807, 2.05) is 32.1 Å². The van der Waals surface area contributed by atoms with Crippen molar-refractivity contribution >= 4 is 33.2 Å². The van der Waals surface area contributed by atoms with Crippen LogP contribution in [0.4, 0.5) is 0 Å². The molecule has 172 valence electrons. The summed E-state index contributed by atoms with van der Waals surface area (Å²) in [5.41, 5.74) is -0.349. The molecule has 2 unspecified atom stereocenters. The third kappa shape index (κ3) is 6.35. The smallest absolute Gasteiger partial charge is 0.303 e. The fourth-order valence-electron chi connectivity index (χ4n) is 4.82. The summed E-state index contributed by atoms with van der Waals surface area (Å²) in [6.45, 7) is 4.02. The Kier molecular flexibility index (Phi) is 8.35. The van der Waals surface area contributed by atoms with Gasteiger partial charge in [0.05, 0.1) is 0 Å². The normalized spacial score (nSPS) is 21.4. The van der Waals surface area contributed by atoms with E-state index in [2.05, 4.69) is 29.5 Å². The molecule has 0 aliphatic heterocycles. The maximum absolute atomic E-state index is 13.0. The molecule has 0 radical (unpaired) electrons. The summed E-state index contributed by atoms with van der Waals surface area (Å²) in [4.78, 5) is 36.2. The molecule has 5 nitrogen and oxygen atoms in total. The Labute approximate surface area is 193 Å². The van der Waals surface area contributed by atoms with Crippen LogP contribution in [0, 0.1) is 22.2 Å². The molecule has 1 aliphatic carbocycles. The fraction of sp³-hybridized carbons (Fsp3) is 0.538. The number of ketones is 1. The summed E-state index contributed by atoms with van der Waals surface area (Å²) >= 11 is 1.70. The van der Waals surface area contributed by atoms with Gasteiger partial charge in [0.25, 0.3) is 0 Å². The molecule has 0 bridgehead atoms. The van der Waals surface area contributed by atoms with Crippen molar-refractivity contribution in [1.29, 1.82) is 0 Å². The first kappa shape index (κ1) is 24.3. The number of carboxylic acid groups (broad SMARTS) is 1. The minimum absolute atomic E-state index is 0.0302. The van der Waals surface area contributed by atoms with E-state index < -0.39 is 12.0 Å². The van der Waals surface area contributed by atoms with Crippen LogP contribution in [-0.4, -0.2) is 22.9 Å². The van der Waals surface area contributed by atoms with Crippen molar-refractivity contribution in [2.75, 3.05) is 0 Å². The summed E-state index contributed by atoms with van der Waals surface area (Å²) in [7, 11) is 0. The Morgan fingerprint density at radius 3 is 2.72 bits per heavy atom. The van der Waals surface area contributed by atoms with Crippen LogP contribution < -0.4 is 0 Å². The van der Waals surface area contributed by atoms with Gasteiger partial charge in [-0.25, -0.2) is 0 Å². The van der Waals surface area contributed by atoms with Crippen molar-refractivity contribution in [1.82, 2.24) is 0 Å². The average molecular weight is 456 g/mol. The summed E-state index contributed by atoms with van der Waals surface area (Å²) in [5.74, 6) is -0.352. The van der Waals surface area contributed by atoms with Crippen molar-refractivity contribution in [3.63, 3.8) is 0 Å². The fourth-order valence-corrected chi connectivity index (χ4v) is 5.94. The predicted octanol–water partition coefficient (Wildman–Crippen LogP) is 6.79. The molecular formula is C26H33NO4S. The van der Waals surface area contributed by atoms with E-state index in [1.165, 1.54) is 10.1 Å². The monoisotopic (exact) mass is 455 g/mol. The van der Waals surface area contributed by atoms with E-state index in [-0.39, 0.29) is 23.7 Å². The van der Waals surface area contributed by atoms with Gasteiger partial charge in [0, 0.05) is 33.8 Å². The number of hydrogen-bond donors (Lipinski definition) is 1. The number of fused-ring (bicyclic) bond motifs is 1. The highest BCUT2D eigenvalue weighted by Crippen LogP contribution is 2.45. The number of unbranched alkanes of at least 4 members (excludes halogenated alkanes) is 3. The maximum atomic E-state index is 13.0. The van der Waals surface area contributed by atoms with Gasteiger partial charge in [-0.2, -0.15) is 4.91 Å². The molecular weight excluding hydrogens is 422 g/mol. The van der Waals surface area contributed by atoms with Crippen LogP contribution in [0.3, 0.4) is 0 Å². The summed E-state index contributed by atoms with van der Waals surface area (Å²) in [5, 5.41) is 13.3. The lowest BCUT2D eigenvalue weighted by Gasteiger charge is -2.16. The molecule has 32 heavy (non-hydrogen) atoms. The number of carboxylic acids is 1. The van der Waals surface area contributed by atoms with Crippen molar-refractivity contribution in [2.24, 2.45) is 22.4 Å². The molecule has 1 N–H and O–H groups in total. The zero-order valence-electron chi connectivity index (χ0n) is 19.0. The Morgan fingerprint density at radius 1 is 1.25 bits per heavy atom. The van der Waals surface area contributed by atoms with E-state index in [4.69, 9.17) is 5.11 Å². The zero-order chi connectivity index (χ0) is 23.1. The average Bonchev–Trinajstić information content (AvgIpc) is 3.25. The largest absolute Gasteiger partial charge is 0.481 e. The third-order valence-corrected chi connectivity index (χ3v) is 7.66. The SMILES string of the molecule is CC1(C)C[C@H](/C=C/C(Cc2cc3ccccc3s2)N=O)C(CCCCCCC(=O)O)C1=O. The van der Waals surface area contributed by atoms with Crippen LogP contribution in [0.2, 0.25) is 0 Å². The second kappa shape index (κ2) is 11.0. The highest BCUT2D eigenvalue weighted by molar-refractivity contribution is 7.19. The molecule has 1 heterocycles. The lowest BCUT2D eigenvalue weighted by Crippen LogP contribution is -2.22. The topological polar surface area (TPSA) is 83.8 Å². The Bertz CT molecular complexity index is 944. The van der Waals surface area contributed by atoms with Gasteiger partial charge in [0.1, 0.15) is 11.8 Å². The molecule has 1 fully saturated rings.